The standard InChI is InChI=1S/C10H15F2N/c1-6(2)13-10-8(11)4-7(3)5-9(10)12/h4,6-7,13H,5H2,1-3H3. The molecule has 0 fully saturated rings. The lowest BCUT2D eigenvalue weighted by Gasteiger charge is -2.19. The zero-order chi connectivity index (χ0) is 10.0. The second-order valence-electron chi connectivity index (χ2n) is 3.77. The van der Waals surface area contributed by atoms with Crippen LogP contribution in [0.4, 0.5) is 8.78 Å². The lowest BCUT2D eigenvalue weighted by Crippen LogP contribution is -2.25. The smallest absolute Gasteiger partial charge is 0.145 e. The highest BCUT2D eigenvalue weighted by atomic mass is 19.1. The van der Waals surface area contributed by atoms with E-state index in [2.05, 4.69) is 5.32 Å². The molecule has 1 unspecified atom stereocenters. The topological polar surface area (TPSA) is 12.0 Å². The SMILES string of the molecule is CC1C=C(F)C(NC(C)C)=C(F)C1. The van der Waals surface area contributed by atoms with Gasteiger partial charge >= 0.3 is 0 Å². The van der Waals surface area contributed by atoms with E-state index in [-0.39, 0.29) is 23.5 Å². The van der Waals surface area contributed by atoms with Crippen molar-refractivity contribution in [3.63, 3.8) is 0 Å². The fourth-order valence-electron chi connectivity index (χ4n) is 1.34. The van der Waals surface area contributed by atoms with Crippen molar-refractivity contribution in [2.24, 2.45) is 5.92 Å². The summed E-state index contributed by atoms with van der Waals surface area (Å²) in [6.45, 7) is 5.50. The molecule has 3 heteroatoms. The van der Waals surface area contributed by atoms with Crippen LogP contribution < -0.4 is 5.32 Å². The van der Waals surface area contributed by atoms with Crippen LogP contribution in [0.2, 0.25) is 0 Å². The summed E-state index contributed by atoms with van der Waals surface area (Å²) < 4.78 is 26.5. The van der Waals surface area contributed by atoms with Gasteiger partial charge in [0.05, 0.1) is 0 Å². The first kappa shape index (κ1) is 10.2. The second kappa shape index (κ2) is 3.90. The summed E-state index contributed by atoms with van der Waals surface area (Å²) in [6, 6.07) is 0.0494. The highest BCUT2D eigenvalue weighted by Crippen LogP contribution is 2.28. The molecule has 1 N–H and O–H groups in total. The van der Waals surface area contributed by atoms with Crippen LogP contribution in [-0.2, 0) is 0 Å². The molecule has 0 saturated heterocycles. The van der Waals surface area contributed by atoms with Gasteiger partial charge in [-0.3, -0.25) is 0 Å². The number of hydrogen-bond acceptors (Lipinski definition) is 1. The Bertz CT molecular complexity index is 254. The molecule has 13 heavy (non-hydrogen) atoms. The van der Waals surface area contributed by atoms with E-state index in [0.717, 1.165) is 0 Å². The molecule has 1 rings (SSSR count). The average Bonchev–Trinajstić information content (AvgIpc) is 1.96. The summed E-state index contributed by atoms with van der Waals surface area (Å²) in [6.07, 6.45) is 1.75. The van der Waals surface area contributed by atoms with Gasteiger partial charge in [0, 0.05) is 12.5 Å². The van der Waals surface area contributed by atoms with E-state index in [1.54, 1.807) is 6.92 Å². The zero-order valence-electron chi connectivity index (χ0n) is 8.20. The summed E-state index contributed by atoms with van der Waals surface area (Å²) in [4.78, 5) is 0. The molecule has 1 nitrogen and oxygen atoms in total. The monoisotopic (exact) mass is 187 g/mol. The summed E-state index contributed by atoms with van der Waals surface area (Å²) >= 11 is 0. The highest BCUT2D eigenvalue weighted by Gasteiger charge is 2.20. The molecule has 74 valence electrons. The van der Waals surface area contributed by atoms with Crippen LogP contribution in [0.15, 0.2) is 23.4 Å². The molecule has 0 aromatic rings. The maximum Gasteiger partial charge on any atom is 0.145 e. The van der Waals surface area contributed by atoms with Gasteiger partial charge < -0.3 is 5.32 Å². The maximum absolute atomic E-state index is 13.2. The number of hydrogen-bond donors (Lipinski definition) is 1. The Labute approximate surface area is 77.5 Å². The van der Waals surface area contributed by atoms with Gasteiger partial charge in [-0.25, -0.2) is 8.78 Å². The minimum atomic E-state index is -0.468. The Hall–Kier alpha value is -0.860. The minimum absolute atomic E-state index is 0.0353. The second-order valence-corrected chi connectivity index (χ2v) is 3.77. The number of nitrogens with one attached hydrogen (secondary N) is 1. The fourth-order valence-corrected chi connectivity index (χ4v) is 1.34. The van der Waals surface area contributed by atoms with E-state index in [9.17, 15) is 8.78 Å². The average molecular weight is 187 g/mol. The molecule has 0 radical (unpaired) electrons. The van der Waals surface area contributed by atoms with E-state index in [0.29, 0.717) is 6.42 Å². The first-order chi connectivity index (χ1) is 6.00. The van der Waals surface area contributed by atoms with Crippen LogP contribution in [0.5, 0.6) is 0 Å². The number of halogens is 2. The maximum atomic E-state index is 13.2. The van der Waals surface area contributed by atoms with Crippen LogP contribution in [-0.4, -0.2) is 6.04 Å². The molecule has 0 saturated carbocycles. The predicted octanol–water partition coefficient (Wildman–Crippen LogP) is 3.06. The number of rotatable bonds is 2. The van der Waals surface area contributed by atoms with Gasteiger partial charge in [0.2, 0.25) is 0 Å². The summed E-state index contributed by atoms with van der Waals surface area (Å²) in [5.74, 6) is -0.885. The normalized spacial score (nSPS) is 23.5. The molecule has 0 aromatic heterocycles. The Morgan fingerprint density at radius 3 is 2.54 bits per heavy atom. The first-order valence-electron chi connectivity index (χ1n) is 4.53. The van der Waals surface area contributed by atoms with Gasteiger partial charge in [-0.1, -0.05) is 6.92 Å². The molecule has 1 aliphatic rings. The molecule has 0 spiro atoms. The summed E-state index contributed by atoms with van der Waals surface area (Å²) in [7, 11) is 0. The van der Waals surface area contributed by atoms with E-state index >= 15 is 0 Å². The molecule has 0 aromatic carbocycles. The molecule has 0 bridgehead atoms. The third kappa shape index (κ3) is 2.54. The van der Waals surface area contributed by atoms with Crippen molar-refractivity contribution < 1.29 is 8.78 Å². The Morgan fingerprint density at radius 1 is 1.46 bits per heavy atom. The summed E-state index contributed by atoms with van der Waals surface area (Å²) in [5, 5.41) is 2.76. The third-order valence-corrected chi connectivity index (χ3v) is 1.88. The van der Waals surface area contributed by atoms with Gasteiger partial charge in [-0.05, 0) is 25.8 Å². The third-order valence-electron chi connectivity index (χ3n) is 1.88. The minimum Gasteiger partial charge on any atom is -0.378 e. The van der Waals surface area contributed by atoms with E-state index in [1.807, 2.05) is 13.8 Å². The van der Waals surface area contributed by atoms with Crippen molar-refractivity contribution in [1.29, 1.82) is 0 Å². The number of allylic oxidation sites excluding steroid dienone is 3. The van der Waals surface area contributed by atoms with Crippen molar-refractivity contribution in [1.82, 2.24) is 5.32 Å². The lowest BCUT2D eigenvalue weighted by molar-refractivity contribution is 0.466. The Kier molecular flexibility index (Phi) is 3.07. The van der Waals surface area contributed by atoms with Gasteiger partial charge in [0.1, 0.15) is 17.4 Å². The van der Waals surface area contributed by atoms with Crippen molar-refractivity contribution >= 4 is 0 Å². The summed E-state index contributed by atoms with van der Waals surface area (Å²) in [5.41, 5.74) is 0.0353. The molecule has 1 aliphatic carbocycles. The van der Waals surface area contributed by atoms with Gasteiger partial charge in [0.15, 0.2) is 0 Å². The van der Waals surface area contributed by atoms with Gasteiger partial charge in [-0.2, -0.15) is 0 Å². The van der Waals surface area contributed by atoms with Crippen molar-refractivity contribution in [2.75, 3.05) is 0 Å². The molecule has 0 heterocycles. The van der Waals surface area contributed by atoms with Gasteiger partial charge in [-0.15, -0.1) is 0 Å². The molecule has 0 aliphatic heterocycles. The van der Waals surface area contributed by atoms with Crippen LogP contribution in [0.3, 0.4) is 0 Å². The fraction of sp³-hybridized carbons (Fsp3) is 0.600. The Morgan fingerprint density at radius 2 is 2.08 bits per heavy atom. The zero-order valence-corrected chi connectivity index (χ0v) is 8.20. The van der Waals surface area contributed by atoms with Crippen molar-refractivity contribution in [2.45, 2.75) is 33.2 Å². The largest absolute Gasteiger partial charge is 0.378 e. The van der Waals surface area contributed by atoms with E-state index < -0.39 is 5.83 Å². The van der Waals surface area contributed by atoms with Gasteiger partial charge in [0.25, 0.3) is 0 Å². The molecular weight excluding hydrogens is 172 g/mol. The van der Waals surface area contributed by atoms with E-state index in [4.69, 9.17) is 0 Å². The van der Waals surface area contributed by atoms with Crippen LogP contribution in [0.25, 0.3) is 0 Å². The lowest BCUT2D eigenvalue weighted by atomic mass is 9.99. The molecular formula is C10H15F2N. The highest BCUT2D eigenvalue weighted by molar-refractivity contribution is 5.31. The predicted molar refractivity (Wildman–Crippen MR) is 49.4 cm³/mol. The van der Waals surface area contributed by atoms with Crippen LogP contribution in [0, 0.1) is 5.92 Å². The van der Waals surface area contributed by atoms with Crippen LogP contribution >= 0.6 is 0 Å². The molecule has 1 atom stereocenters. The van der Waals surface area contributed by atoms with Crippen molar-refractivity contribution in [3.8, 4) is 0 Å². The quantitative estimate of drug-likeness (QED) is 0.700. The first-order valence-corrected chi connectivity index (χ1v) is 4.53. The van der Waals surface area contributed by atoms with Crippen molar-refractivity contribution in [3.05, 3.63) is 23.4 Å². The Balaban J connectivity index is 2.82. The van der Waals surface area contributed by atoms with Crippen LogP contribution in [0.1, 0.15) is 27.2 Å². The molecule has 0 amide bonds. The van der Waals surface area contributed by atoms with E-state index in [1.165, 1.54) is 6.08 Å².